The fourth-order valence-corrected chi connectivity index (χ4v) is 1.76. The quantitative estimate of drug-likeness (QED) is 0.830. The number of hydrogen-bond donors (Lipinski definition) is 1. The minimum Gasteiger partial charge on any atom is -0.478 e. The van der Waals surface area contributed by atoms with Crippen molar-refractivity contribution < 1.29 is 9.90 Å². The van der Waals surface area contributed by atoms with E-state index in [1.807, 2.05) is 12.1 Å². The van der Waals surface area contributed by atoms with Crippen molar-refractivity contribution in [3.8, 4) is 0 Å². The first-order chi connectivity index (χ1) is 7.60. The number of nitrogens with zero attached hydrogens (tertiary/aromatic N) is 1. The van der Waals surface area contributed by atoms with Crippen LogP contribution in [0.15, 0.2) is 24.3 Å². The third kappa shape index (κ3) is 2.75. The largest absolute Gasteiger partial charge is 0.478 e. The lowest BCUT2D eigenvalue weighted by atomic mass is 10.1. The molecule has 0 saturated carbocycles. The summed E-state index contributed by atoms with van der Waals surface area (Å²) in [4.78, 5) is 13.0. The van der Waals surface area contributed by atoms with Crippen molar-refractivity contribution in [2.45, 2.75) is 33.2 Å². The molecule has 0 saturated heterocycles. The van der Waals surface area contributed by atoms with Gasteiger partial charge in [0.1, 0.15) is 0 Å². The first-order valence-electron chi connectivity index (χ1n) is 5.70. The molecule has 16 heavy (non-hydrogen) atoms. The van der Waals surface area contributed by atoms with Crippen molar-refractivity contribution in [2.24, 2.45) is 0 Å². The van der Waals surface area contributed by atoms with Gasteiger partial charge in [-0.2, -0.15) is 0 Å². The second-order valence-corrected chi connectivity index (χ2v) is 3.90. The van der Waals surface area contributed by atoms with Crippen molar-refractivity contribution >= 4 is 11.7 Å². The summed E-state index contributed by atoms with van der Waals surface area (Å²) in [6, 6.07) is 7.53. The van der Waals surface area contributed by atoms with Gasteiger partial charge in [-0.05, 0) is 44.5 Å². The predicted molar refractivity (Wildman–Crippen MR) is 66.2 cm³/mol. The fraction of sp³-hybridized carbons (Fsp3) is 0.462. The van der Waals surface area contributed by atoms with Crippen LogP contribution in [-0.4, -0.2) is 23.7 Å². The summed E-state index contributed by atoms with van der Waals surface area (Å²) in [6.07, 6.45) is 1.08. The zero-order chi connectivity index (χ0) is 12.1. The lowest BCUT2D eigenvalue weighted by molar-refractivity contribution is 0.0697. The maximum absolute atomic E-state index is 10.7. The third-order valence-corrected chi connectivity index (χ3v) is 2.91. The van der Waals surface area contributed by atoms with Gasteiger partial charge in [-0.1, -0.05) is 6.92 Å². The molecule has 0 spiro atoms. The molecule has 1 atom stereocenters. The number of benzene rings is 1. The SMILES string of the molecule is CCC(C)N(CC)c1ccc(C(=O)O)cc1. The molecule has 3 heteroatoms. The van der Waals surface area contributed by atoms with Gasteiger partial charge in [0.25, 0.3) is 0 Å². The first kappa shape index (κ1) is 12.6. The van der Waals surface area contributed by atoms with Crippen molar-refractivity contribution in [3.05, 3.63) is 29.8 Å². The highest BCUT2D eigenvalue weighted by atomic mass is 16.4. The van der Waals surface area contributed by atoms with E-state index in [0.29, 0.717) is 11.6 Å². The van der Waals surface area contributed by atoms with Crippen molar-refractivity contribution in [3.63, 3.8) is 0 Å². The summed E-state index contributed by atoms with van der Waals surface area (Å²) in [5, 5.41) is 8.81. The van der Waals surface area contributed by atoms with Crippen LogP contribution in [0.3, 0.4) is 0 Å². The highest BCUT2D eigenvalue weighted by molar-refractivity contribution is 5.88. The van der Waals surface area contributed by atoms with Gasteiger partial charge in [-0.15, -0.1) is 0 Å². The molecule has 1 rings (SSSR count). The summed E-state index contributed by atoms with van der Waals surface area (Å²) >= 11 is 0. The summed E-state index contributed by atoms with van der Waals surface area (Å²) in [7, 11) is 0. The van der Waals surface area contributed by atoms with Gasteiger partial charge in [-0.3, -0.25) is 0 Å². The van der Waals surface area contributed by atoms with E-state index in [-0.39, 0.29) is 0 Å². The highest BCUT2D eigenvalue weighted by Gasteiger charge is 2.11. The smallest absolute Gasteiger partial charge is 0.335 e. The molecule has 3 nitrogen and oxygen atoms in total. The molecule has 1 aromatic carbocycles. The van der Waals surface area contributed by atoms with E-state index in [1.165, 1.54) is 0 Å². The molecule has 1 aromatic rings. The second-order valence-electron chi connectivity index (χ2n) is 3.90. The Morgan fingerprint density at radius 1 is 1.31 bits per heavy atom. The number of anilines is 1. The van der Waals surface area contributed by atoms with Gasteiger partial charge < -0.3 is 10.0 Å². The van der Waals surface area contributed by atoms with E-state index in [9.17, 15) is 4.79 Å². The summed E-state index contributed by atoms with van der Waals surface area (Å²) < 4.78 is 0. The maximum atomic E-state index is 10.7. The van der Waals surface area contributed by atoms with Crippen LogP contribution in [0.1, 0.15) is 37.6 Å². The van der Waals surface area contributed by atoms with Crippen molar-refractivity contribution in [1.29, 1.82) is 0 Å². The predicted octanol–water partition coefficient (Wildman–Crippen LogP) is 3.01. The third-order valence-electron chi connectivity index (χ3n) is 2.91. The lowest BCUT2D eigenvalue weighted by Gasteiger charge is -2.29. The summed E-state index contributed by atoms with van der Waals surface area (Å²) in [5.74, 6) is -0.877. The minimum absolute atomic E-state index is 0.337. The van der Waals surface area contributed by atoms with Crippen LogP contribution in [0.25, 0.3) is 0 Å². The van der Waals surface area contributed by atoms with Gasteiger partial charge in [0, 0.05) is 18.3 Å². The van der Waals surface area contributed by atoms with Crippen molar-refractivity contribution in [1.82, 2.24) is 0 Å². The van der Waals surface area contributed by atoms with Gasteiger partial charge in [0.15, 0.2) is 0 Å². The minimum atomic E-state index is -0.877. The van der Waals surface area contributed by atoms with Gasteiger partial charge in [0.2, 0.25) is 0 Å². The zero-order valence-electron chi connectivity index (χ0n) is 10.1. The van der Waals surface area contributed by atoms with E-state index in [4.69, 9.17) is 5.11 Å². The average molecular weight is 221 g/mol. The van der Waals surface area contributed by atoms with Gasteiger partial charge >= 0.3 is 5.97 Å². The molecule has 0 bridgehead atoms. The Balaban J connectivity index is 2.90. The highest BCUT2D eigenvalue weighted by Crippen LogP contribution is 2.19. The van der Waals surface area contributed by atoms with E-state index >= 15 is 0 Å². The number of aromatic carboxylic acids is 1. The van der Waals surface area contributed by atoms with E-state index in [0.717, 1.165) is 18.7 Å². The van der Waals surface area contributed by atoms with Gasteiger partial charge in [0.05, 0.1) is 5.56 Å². The monoisotopic (exact) mass is 221 g/mol. The summed E-state index contributed by atoms with van der Waals surface area (Å²) in [6.45, 7) is 7.37. The zero-order valence-corrected chi connectivity index (χ0v) is 10.1. The standard InChI is InChI=1S/C13H19NO2/c1-4-10(3)14(5-2)12-8-6-11(7-9-12)13(15)16/h6-10H,4-5H2,1-3H3,(H,15,16). The molecular formula is C13H19NO2. The topological polar surface area (TPSA) is 40.5 Å². The molecule has 0 heterocycles. The van der Waals surface area contributed by atoms with Crippen molar-refractivity contribution in [2.75, 3.05) is 11.4 Å². The number of carboxylic acids is 1. The van der Waals surface area contributed by atoms with Crippen LogP contribution in [0, 0.1) is 0 Å². The van der Waals surface area contributed by atoms with E-state index in [1.54, 1.807) is 12.1 Å². The van der Waals surface area contributed by atoms with Crippen LogP contribution < -0.4 is 4.90 Å². The molecule has 1 N–H and O–H groups in total. The Morgan fingerprint density at radius 3 is 2.25 bits per heavy atom. The Hall–Kier alpha value is -1.51. The molecule has 0 fully saturated rings. The summed E-state index contributed by atoms with van der Waals surface area (Å²) in [5.41, 5.74) is 1.42. The van der Waals surface area contributed by atoms with Gasteiger partial charge in [-0.25, -0.2) is 4.79 Å². The molecule has 0 radical (unpaired) electrons. The van der Waals surface area contributed by atoms with E-state index in [2.05, 4.69) is 25.7 Å². The lowest BCUT2D eigenvalue weighted by Crippen LogP contribution is -2.32. The van der Waals surface area contributed by atoms with Crippen LogP contribution in [0.2, 0.25) is 0 Å². The molecule has 0 aliphatic rings. The maximum Gasteiger partial charge on any atom is 0.335 e. The van der Waals surface area contributed by atoms with E-state index < -0.39 is 5.97 Å². The number of carbonyl (C=O) groups is 1. The normalized spacial score (nSPS) is 12.2. The molecule has 0 amide bonds. The Labute approximate surface area is 96.7 Å². The molecule has 0 aliphatic carbocycles. The molecule has 0 aromatic heterocycles. The number of hydrogen-bond acceptors (Lipinski definition) is 2. The molecule has 0 aliphatic heterocycles. The fourth-order valence-electron chi connectivity index (χ4n) is 1.76. The van der Waals surface area contributed by atoms with Crippen LogP contribution in [-0.2, 0) is 0 Å². The molecular weight excluding hydrogens is 202 g/mol. The molecule has 1 unspecified atom stereocenters. The number of carboxylic acid groups (broad SMARTS) is 1. The Morgan fingerprint density at radius 2 is 1.88 bits per heavy atom. The number of rotatable bonds is 5. The average Bonchev–Trinajstić information content (AvgIpc) is 2.30. The molecule has 88 valence electrons. The Kier molecular flexibility index (Phi) is 4.35. The Bertz CT molecular complexity index is 345. The van der Waals surface area contributed by atoms with Crippen LogP contribution in [0.4, 0.5) is 5.69 Å². The first-order valence-corrected chi connectivity index (χ1v) is 5.70. The van der Waals surface area contributed by atoms with Crippen LogP contribution in [0.5, 0.6) is 0 Å². The second kappa shape index (κ2) is 5.54. The van der Waals surface area contributed by atoms with Crippen LogP contribution >= 0.6 is 0 Å².